The topological polar surface area (TPSA) is 49.8 Å². The maximum absolute atomic E-state index is 11.5. The zero-order valence-electron chi connectivity index (χ0n) is 9.93. The average molecular weight is 235 g/mol. The van der Waals surface area contributed by atoms with Crippen molar-refractivity contribution in [3.63, 3.8) is 0 Å². The van der Waals surface area contributed by atoms with E-state index in [1.165, 1.54) is 0 Å². The summed E-state index contributed by atoms with van der Waals surface area (Å²) in [7, 11) is 0. The van der Waals surface area contributed by atoms with E-state index in [9.17, 15) is 9.90 Å². The van der Waals surface area contributed by atoms with Gasteiger partial charge in [-0.15, -0.1) is 0 Å². The Bertz CT molecular complexity index is 388. The van der Waals surface area contributed by atoms with Crippen LogP contribution in [0.4, 0.5) is 5.69 Å². The van der Waals surface area contributed by atoms with Gasteiger partial charge in [-0.05, 0) is 44.0 Å². The van der Waals surface area contributed by atoms with Crippen LogP contribution in [0.3, 0.4) is 0 Å². The second-order valence-corrected chi connectivity index (χ2v) is 4.08. The Labute approximate surface area is 101 Å². The number of esters is 1. The Morgan fingerprint density at radius 1 is 1.47 bits per heavy atom. The molecule has 0 radical (unpaired) electrons. The van der Waals surface area contributed by atoms with E-state index in [2.05, 4.69) is 0 Å². The Morgan fingerprint density at radius 3 is 2.71 bits per heavy atom. The largest absolute Gasteiger partial charge is 0.462 e. The molecule has 1 aliphatic heterocycles. The van der Waals surface area contributed by atoms with Crippen molar-refractivity contribution in [2.45, 2.75) is 26.0 Å². The predicted molar refractivity (Wildman–Crippen MR) is 65.0 cm³/mol. The van der Waals surface area contributed by atoms with Crippen molar-refractivity contribution in [1.29, 1.82) is 0 Å². The van der Waals surface area contributed by atoms with Gasteiger partial charge in [0.1, 0.15) is 6.23 Å². The first-order valence-electron chi connectivity index (χ1n) is 5.94. The first-order chi connectivity index (χ1) is 8.22. The Kier molecular flexibility index (Phi) is 3.64. The molecule has 2 rings (SSSR count). The second-order valence-electron chi connectivity index (χ2n) is 4.08. The predicted octanol–water partition coefficient (Wildman–Crippen LogP) is 1.78. The third-order valence-corrected chi connectivity index (χ3v) is 2.93. The molecule has 17 heavy (non-hydrogen) atoms. The molecule has 1 aromatic carbocycles. The molecule has 0 aromatic heterocycles. The third kappa shape index (κ3) is 2.58. The lowest BCUT2D eigenvalue weighted by Gasteiger charge is -2.22. The first kappa shape index (κ1) is 11.9. The highest BCUT2D eigenvalue weighted by Crippen LogP contribution is 2.24. The molecule has 1 aromatic rings. The van der Waals surface area contributed by atoms with Crippen LogP contribution in [0.1, 0.15) is 30.1 Å². The highest BCUT2D eigenvalue weighted by atomic mass is 16.5. The summed E-state index contributed by atoms with van der Waals surface area (Å²) in [5.41, 5.74) is 1.49. The van der Waals surface area contributed by atoms with E-state index in [-0.39, 0.29) is 5.97 Å². The number of carbonyl (C=O) groups is 1. The maximum atomic E-state index is 11.5. The van der Waals surface area contributed by atoms with Crippen LogP contribution in [-0.2, 0) is 4.74 Å². The molecule has 0 bridgehead atoms. The summed E-state index contributed by atoms with van der Waals surface area (Å²) < 4.78 is 4.91. The molecule has 1 fully saturated rings. The summed E-state index contributed by atoms with van der Waals surface area (Å²) in [5.74, 6) is -0.305. The minimum atomic E-state index is -0.400. The van der Waals surface area contributed by atoms with E-state index in [4.69, 9.17) is 4.74 Å². The maximum Gasteiger partial charge on any atom is 0.338 e. The van der Waals surface area contributed by atoms with Crippen molar-refractivity contribution >= 4 is 11.7 Å². The average Bonchev–Trinajstić information content (AvgIpc) is 2.76. The fraction of sp³-hybridized carbons (Fsp3) is 0.462. The van der Waals surface area contributed by atoms with E-state index in [0.717, 1.165) is 25.1 Å². The summed E-state index contributed by atoms with van der Waals surface area (Å²) in [4.78, 5) is 13.4. The van der Waals surface area contributed by atoms with E-state index < -0.39 is 6.23 Å². The van der Waals surface area contributed by atoms with E-state index in [0.29, 0.717) is 12.2 Å². The Balaban J connectivity index is 2.10. The standard InChI is InChI=1S/C13H17NO3/c1-2-17-13(16)10-5-7-11(8-6-10)14-9-3-4-12(14)15/h5-8,12,15H,2-4,9H2,1H3/t12-/m1/s1. The summed E-state index contributed by atoms with van der Waals surface area (Å²) in [6.45, 7) is 3.03. The number of rotatable bonds is 3. The summed E-state index contributed by atoms with van der Waals surface area (Å²) in [6, 6.07) is 7.16. The minimum Gasteiger partial charge on any atom is -0.462 e. The Morgan fingerprint density at radius 2 is 2.18 bits per heavy atom. The summed E-state index contributed by atoms with van der Waals surface area (Å²) in [6.07, 6.45) is 1.41. The molecule has 1 heterocycles. The van der Waals surface area contributed by atoms with Gasteiger partial charge in [-0.3, -0.25) is 0 Å². The van der Waals surface area contributed by atoms with Crippen molar-refractivity contribution in [1.82, 2.24) is 0 Å². The number of benzene rings is 1. The van der Waals surface area contributed by atoms with E-state index in [1.54, 1.807) is 19.1 Å². The molecule has 92 valence electrons. The van der Waals surface area contributed by atoms with E-state index in [1.807, 2.05) is 17.0 Å². The van der Waals surface area contributed by atoms with Crippen molar-refractivity contribution < 1.29 is 14.6 Å². The molecule has 0 aliphatic carbocycles. The van der Waals surface area contributed by atoms with Crippen molar-refractivity contribution in [2.24, 2.45) is 0 Å². The number of nitrogens with zero attached hydrogens (tertiary/aromatic N) is 1. The van der Waals surface area contributed by atoms with Crippen LogP contribution in [0.25, 0.3) is 0 Å². The second kappa shape index (κ2) is 5.19. The molecule has 4 heteroatoms. The van der Waals surface area contributed by atoms with Crippen molar-refractivity contribution in [3.8, 4) is 0 Å². The monoisotopic (exact) mass is 235 g/mol. The zero-order valence-corrected chi connectivity index (χ0v) is 9.93. The number of carbonyl (C=O) groups excluding carboxylic acids is 1. The van der Waals surface area contributed by atoms with Crippen LogP contribution < -0.4 is 4.90 Å². The van der Waals surface area contributed by atoms with Crippen LogP contribution in [-0.4, -0.2) is 30.5 Å². The van der Waals surface area contributed by atoms with Gasteiger partial charge in [0.25, 0.3) is 0 Å². The highest BCUT2D eigenvalue weighted by molar-refractivity contribution is 5.89. The zero-order chi connectivity index (χ0) is 12.3. The lowest BCUT2D eigenvalue weighted by Crippen LogP contribution is -2.28. The number of hydrogen-bond donors (Lipinski definition) is 1. The smallest absolute Gasteiger partial charge is 0.338 e. The van der Waals surface area contributed by atoms with Crippen LogP contribution in [0.5, 0.6) is 0 Å². The SMILES string of the molecule is CCOC(=O)c1ccc(N2CCC[C@H]2O)cc1. The number of aliphatic hydroxyl groups is 1. The van der Waals surface area contributed by atoms with Gasteiger partial charge in [-0.25, -0.2) is 4.79 Å². The lowest BCUT2D eigenvalue weighted by molar-refractivity contribution is 0.0526. The Hall–Kier alpha value is -1.55. The first-order valence-corrected chi connectivity index (χ1v) is 5.94. The molecular weight excluding hydrogens is 218 g/mol. The fourth-order valence-corrected chi connectivity index (χ4v) is 2.05. The molecule has 1 atom stereocenters. The van der Waals surface area contributed by atoms with E-state index >= 15 is 0 Å². The molecule has 1 aliphatic rings. The minimum absolute atomic E-state index is 0.305. The van der Waals surface area contributed by atoms with Crippen LogP contribution in [0, 0.1) is 0 Å². The van der Waals surface area contributed by atoms with Crippen molar-refractivity contribution in [3.05, 3.63) is 29.8 Å². The van der Waals surface area contributed by atoms with Crippen LogP contribution in [0.15, 0.2) is 24.3 Å². The molecule has 1 N–H and O–H groups in total. The van der Waals surface area contributed by atoms with Gasteiger partial charge >= 0.3 is 5.97 Å². The van der Waals surface area contributed by atoms with Gasteiger partial charge in [0.2, 0.25) is 0 Å². The number of hydrogen-bond acceptors (Lipinski definition) is 4. The summed E-state index contributed by atoms with van der Waals surface area (Å²) >= 11 is 0. The molecule has 0 amide bonds. The molecular formula is C13H17NO3. The molecule has 4 nitrogen and oxygen atoms in total. The van der Waals surface area contributed by atoms with Gasteiger partial charge in [-0.1, -0.05) is 0 Å². The third-order valence-electron chi connectivity index (χ3n) is 2.93. The van der Waals surface area contributed by atoms with Gasteiger partial charge in [-0.2, -0.15) is 0 Å². The van der Waals surface area contributed by atoms with Gasteiger partial charge < -0.3 is 14.7 Å². The van der Waals surface area contributed by atoms with Gasteiger partial charge in [0.15, 0.2) is 0 Å². The normalized spacial score (nSPS) is 19.4. The fourth-order valence-electron chi connectivity index (χ4n) is 2.05. The number of ether oxygens (including phenoxy) is 1. The van der Waals surface area contributed by atoms with Crippen molar-refractivity contribution in [2.75, 3.05) is 18.1 Å². The van der Waals surface area contributed by atoms with Crippen LogP contribution >= 0.6 is 0 Å². The van der Waals surface area contributed by atoms with Crippen LogP contribution in [0.2, 0.25) is 0 Å². The molecule has 0 spiro atoms. The van der Waals surface area contributed by atoms with Gasteiger partial charge in [0.05, 0.1) is 12.2 Å². The molecule has 0 saturated carbocycles. The highest BCUT2D eigenvalue weighted by Gasteiger charge is 2.22. The molecule has 1 saturated heterocycles. The lowest BCUT2D eigenvalue weighted by atomic mass is 10.2. The number of anilines is 1. The molecule has 0 unspecified atom stereocenters. The number of aliphatic hydroxyl groups excluding tert-OH is 1. The van der Waals surface area contributed by atoms with Gasteiger partial charge in [0, 0.05) is 12.2 Å². The quantitative estimate of drug-likeness (QED) is 0.811. The summed E-state index contributed by atoms with van der Waals surface area (Å²) in [5, 5.41) is 9.74.